The summed E-state index contributed by atoms with van der Waals surface area (Å²) in [6.45, 7) is 1.79. The largest absolute Gasteiger partial charge is 0.277 e. The Balaban J connectivity index is 2.38. The third-order valence-electron chi connectivity index (χ3n) is 2.31. The van der Waals surface area contributed by atoms with Crippen LogP contribution in [0, 0.1) is 6.92 Å². The molecule has 0 amide bonds. The van der Waals surface area contributed by atoms with Gasteiger partial charge in [0.15, 0.2) is 0 Å². The van der Waals surface area contributed by atoms with Crippen LogP contribution >= 0.6 is 50.5 Å². The third-order valence-corrected chi connectivity index (χ3v) is 6.51. The summed E-state index contributed by atoms with van der Waals surface area (Å²) in [4.78, 5) is 0. The monoisotopic (exact) mass is 399 g/mol. The first kappa shape index (κ1) is 15.1. The van der Waals surface area contributed by atoms with E-state index in [1.165, 1.54) is 12.1 Å². The molecule has 1 N–H and O–H groups in total. The van der Waals surface area contributed by atoms with Crippen molar-refractivity contribution in [1.29, 1.82) is 0 Å². The number of nitrogens with one attached hydrogen (secondary N) is 1. The van der Waals surface area contributed by atoms with Crippen molar-refractivity contribution in [3.8, 4) is 0 Å². The van der Waals surface area contributed by atoms with Gasteiger partial charge in [-0.15, -0.1) is 11.3 Å². The highest BCUT2D eigenvalue weighted by Gasteiger charge is 2.18. The first-order valence-electron chi connectivity index (χ1n) is 5.03. The van der Waals surface area contributed by atoms with Gasteiger partial charge in [0.2, 0.25) is 0 Å². The number of sulfonamides is 1. The lowest BCUT2D eigenvalue weighted by Crippen LogP contribution is -2.11. The molecule has 19 heavy (non-hydrogen) atoms. The van der Waals surface area contributed by atoms with Gasteiger partial charge in [-0.2, -0.15) is 0 Å². The Morgan fingerprint density at radius 2 is 1.89 bits per heavy atom. The van der Waals surface area contributed by atoms with E-state index in [-0.39, 0.29) is 9.90 Å². The molecule has 0 aliphatic rings. The summed E-state index contributed by atoms with van der Waals surface area (Å²) in [5, 5.41) is 0.760. The number of rotatable bonds is 3. The standard InChI is InChI=1S/C11H8BrCl2NO2S2/c1-6-4-8(14)9(5-7(6)13)15-19(16,17)11-3-2-10(12)18-11/h2-5,15H,1H3. The van der Waals surface area contributed by atoms with Gasteiger partial charge in [0, 0.05) is 5.02 Å². The molecule has 0 saturated heterocycles. The van der Waals surface area contributed by atoms with E-state index in [0.29, 0.717) is 10.0 Å². The van der Waals surface area contributed by atoms with Crippen molar-refractivity contribution in [3.63, 3.8) is 0 Å². The number of benzene rings is 1. The molecule has 0 fully saturated rings. The number of halogens is 3. The van der Waals surface area contributed by atoms with Gasteiger partial charge in [-0.05, 0) is 52.7 Å². The average molecular weight is 401 g/mol. The molecule has 3 nitrogen and oxygen atoms in total. The molecule has 8 heteroatoms. The van der Waals surface area contributed by atoms with Crippen LogP contribution in [0.25, 0.3) is 0 Å². The van der Waals surface area contributed by atoms with Crippen LogP contribution in [0.15, 0.2) is 32.3 Å². The number of aryl methyl sites for hydroxylation is 1. The van der Waals surface area contributed by atoms with Crippen LogP contribution in [0.4, 0.5) is 5.69 Å². The van der Waals surface area contributed by atoms with Crippen molar-refractivity contribution in [2.24, 2.45) is 0 Å². The van der Waals surface area contributed by atoms with E-state index in [1.807, 2.05) is 0 Å². The van der Waals surface area contributed by atoms with E-state index in [1.54, 1.807) is 19.1 Å². The van der Waals surface area contributed by atoms with Crippen LogP contribution in [-0.4, -0.2) is 8.42 Å². The molecule has 0 atom stereocenters. The molecule has 0 unspecified atom stereocenters. The Labute approximate surface area is 133 Å². The zero-order chi connectivity index (χ0) is 14.2. The van der Waals surface area contributed by atoms with Crippen molar-refractivity contribution >= 4 is 66.2 Å². The van der Waals surface area contributed by atoms with Gasteiger partial charge >= 0.3 is 0 Å². The van der Waals surface area contributed by atoms with Gasteiger partial charge in [0.25, 0.3) is 10.0 Å². The van der Waals surface area contributed by atoms with Crippen LogP contribution in [0.3, 0.4) is 0 Å². The highest BCUT2D eigenvalue weighted by Crippen LogP contribution is 2.32. The van der Waals surface area contributed by atoms with Gasteiger partial charge in [-0.25, -0.2) is 8.42 Å². The second-order valence-corrected chi connectivity index (χ2v) is 8.93. The van der Waals surface area contributed by atoms with Crippen LogP contribution in [0.2, 0.25) is 10.0 Å². The van der Waals surface area contributed by atoms with Crippen LogP contribution < -0.4 is 4.72 Å². The first-order valence-corrected chi connectivity index (χ1v) is 8.88. The summed E-state index contributed by atoms with van der Waals surface area (Å²) in [5.74, 6) is 0. The Morgan fingerprint density at radius 1 is 1.21 bits per heavy atom. The fourth-order valence-electron chi connectivity index (χ4n) is 1.36. The second-order valence-electron chi connectivity index (χ2n) is 3.75. The highest BCUT2D eigenvalue weighted by molar-refractivity contribution is 9.11. The summed E-state index contributed by atoms with van der Waals surface area (Å²) in [6.07, 6.45) is 0. The maximum absolute atomic E-state index is 12.1. The summed E-state index contributed by atoms with van der Waals surface area (Å²) in [6, 6.07) is 6.30. The molecule has 0 bridgehead atoms. The molecule has 2 rings (SSSR count). The predicted molar refractivity (Wildman–Crippen MR) is 84.0 cm³/mol. The van der Waals surface area contributed by atoms with Crippen molar-refractivity contribution in [3.05, 3.63) is 43.7 Å². The third kappa shape index (κ3) is 3.44. The Morgan fingerprint density at radius 3 is 2.47 bits per heavy atom. The van der Waals surface area contributed by atoms with Crippen molar-refractivity contribution in [1.82, 2.24) is 0 Å². The minimum atomic E-state index is -3.65. The van der Waals surface area contributed by atoms with Crippen molar-refractivity contribution < 1.29 is 8.42 Å². The van der Waals surface area contributed by atoms with E-state index >= 15 is 0 Å². The Hall–Kier alpha value is -0.270. The number of anilines is 1. The zero-order valence-electron chi connectivity index (χ0n) is 9.58. The van der Waals surface area contributed by atoms with E-state index in [4.69, 9.17) is 23.2 Å². The molecule has 0 aliphatic heterocycles. The Kier molecular flexibility index (Phi) is 4.47. The topological polar surface area (TPSA) is 46.2 Å². The van der Waals surface area contributed by atoms with Crippen LogP contribution in [0.1, 0.15) is 5.56 Å². The zero-order valence-corrected chi connectivity index (χ0v) is 14.3. The lowest BCUT2D eigenvalue weighted by atomic mass is 10.2. The van der Waals surface area contributed by atoms with E-state index in [0.717, 1.165) is 20.7 Å². The molecule has 1 aromatic heterocycles. The minimum Gasteiger partial charge on any atom is -0.277 e. The lowest BCUT2D eigenvalue weighted by Gasteiger charge is -2.10. The van der Waals surface area contributed by atoms with Gasteiger partial charge in [0.1, 0.15) is 4.21 Å². The first-order chi connectivity index (χ1) is 8.79. The number of hydrogen-bond donors (Lipinski definition) is 1. The quantitative estimate of drug-likeness (QED) is 0.793. The van der Waals surface area contributed by atoms with Crippen molar-refractivity contribution in [2.75, 3.05) is 4.72 Å². The normalized spacial score (nSPS) is 11.6. The van der Waals surface area contributed by atoms with E-state index in [9.17, 15) is 8.42 Å². The van der Waals surface area contributed by atoms with Gasteiger partial charge in [-0.3, -0.25) is 4.72 Å². The fraction of sp³-hybridized carbons (Fsp3) is 0.0909. The molecule has 1 aromatic carbocycles. The SMILES string of the molecule is Cc1cc(Cl)c(NS(=O)(=O)c2ccc(Br)s2)cc1Cl. The molecule has 0 spiro atoms. The van der Waals surface area contributed by atoms with Crippen LogP contribution in [-0.2, 0) is 10.0 Å². The average Bonchev–Trinajstić information content (AvgIpc) is 2.73. The van der Waals surface area contributed by atoms with Gasteiger partial charge in [0.05, 0.1) is 14.5 Å². The lowest BCUT2D eigenvalue weighted by molar-refractivity contribution is 0.603. The summed E-state index contributed by atoms with van der Waals surface area (Å²) < 4.78 is 27.6. The highest BCUT2D eigenvalue weighted by atomic mass is 79.9. The summed E-state index contributed by atoms with van der Waals surface area (Å²) >= 11 is 16.3. The maximum atomic E-state index is 12.1. The molecular weight excluding hydrogens is 393 g/mol. The molecule has 0 radical (unpaired) electrons. The number of thiophene rings is 1. The summed E-state index contributed by atoms with van der Waals surface area (Å²) in [7, 11) is -3.65. The molecule has 0 saturated carbocycles. The molecule has 102 valence electrons. The van der Waals surface area contributed by atoms with Crippen LogP contribution in [0.5, 0.6) is 0 Å². The Bertz CT molecular complexity index is 728. The predicted octanol–water partition coefficient (Wildman–Crippen LogP) is 4.93. The fourth-order valence-corrected chi connectivity index (χ4v) is 4.93. The number of hydrogen-bond acceptors (Lipinski definition) is 3. The summed E-state index contributed by atoms with van der Waals surface area (Å²) in [5.41, 5.74) is 1.05. The van der Waals surface area contributed by atoms with Crippen molar-refractivity contribution in [2.45, 2.75) is 11.1 Å². The van der Waals surface area contributed by atoms with Gasteiger partial charge < -0.3 is 0 Å². The second kappa shape index (κ2) is 5.61. The maximum Gasteiger partial charge on any atom is 0.271 e. The van der Waals surface area contributed by atoms with E-state index < -0.39 is 10.0 Å². The molecule has 2 aromatic rings. The van der Waals surface area contributed by atoms with E-state index in [2.05, 4.69) is 20.7 Å². The molecular formula is C11H8BrCl2NO2S2. The minimum absolute atomic E-state index is 0.201. The smallest absolute Gasteiger partial charge is 0.271 e. The molecule has 1 heterocycles. The van der Waals surface area contributed by atoms with Gasteiger partial charge in [-0.1, -0.05) is 23.2 Å². The molecule has 0 aliphatic carbocycles.